The molecule has 0 aliphatic heterocycles. The lowest BCUT2D eigenvalue weighted by Crippen LogP contribution is -1.97. The highest BCUT2D eigenvalue weighted by molar-refractivity contribution is 5.64. The molecule has 7 nitrogen and oxygen atoms in total. The zero-order valence-electron chi connectivity index (χ0n) is 14.2. The van der Waals surface area contributed by atoms with Crippen LogP contribution >= 0.6 is 0 Å². The van der Waals surface area contributed by atoms with Crippen LogP contribution in [0.2, 0.25) is 0 Å². The van der Waals surface area contributed by atoms with Crippen LogP contribution in [-0.2, 0) is 6.54 Å². The van der Waals surface area contributed by atoms with Gasteiger partial charge >= 0.3 is 0 Å². The van der Waals surface area contributed by atoms with Gasteiger partial charge in [0.1, 0.15) is 5.69 Å². The standard InChI is InChI=1S/C19H17N7.3H2/c1-12-17(23-16(11-22-12)15-6-3-7-21-10-15)19-24-18(25-26-19)14-5-2-4-13(8-14)9-20;;;/h2-8,10-11H,9,20H2,1H3,(H,24,25,26);3*1H. The van der Waals surface area contributed by atoms with Gasteiger partial charge < -0.3 is 5.73 Å². The van der Waals surface area contributed by atoms with Crippen molar-refractivity contribution in [2.24, 2.45) is 5.73 Å². The summed E-state index contributed by atoms with van der Waals surface area (Å²) < 4.78 is 0. The second kappa shape index (κ2) is 6.81. The Morgan fingerprint density at radius 3 is 2.77 bits per heavy atom. The van der Waals surface area contributed by atoms with E-state index in [1.54, 1.807) is 18.6 Å². The molecule has 0 fully saturated rings. The molecule has 7 heteroatoms. The van der Waals surface area contributed by atoms with Gasteiger partial charge in [0.25, 0.3) is 0 Å². The van der Waals surface area contributed by atoms with Gasteiger partial charge in [0.15, 0.2) is 11.6 Å². The van der Waals surface area contributed by atoms with Gasteiger partial charge in [-0.25, -0.2) is 9.97 Å². The van der Waals surface area contributed by atoms with Crippen molar-refractivity contribution in [1.82, 2.24) is 30.1 Å². The molecule has 4 rings (SSSR count). The third-order valence-corrected chi connectivity index (χ3v) is 4.04. The van der Waals surface area contributed by atoms with E-state index in [-0.39, 0.29) is 4.28 Å². The van der Waals surface area contributed by atoms with Crippen molar-refractivity contribution in [2.75, 3.05) is 0 Å². The summed E-state index contributed by atoms with van der Waals surface area (Å²) in [4.78, 5) is 17.9. The first-order valence-electron chi connectivity index (χ1n) is 8.21. The van der Waals surface area contributed by atoms with E-state index >= 15 is 0 Å². The lowest BCUT2D eigenvalue weighted by atomic mass is 10.1. The summed E-state index contributed by atoms with van der Waals surface area (Å²) in [6.07, 6.45) is 5.22. The molecule has 0 saturated carbocycles. The molecule has 0 aliphatic rings. The van der Waals surface area contributed by atoms with E-state index in [0.717, 1.165) is 28.1 Å². The van der Waals surface area contributed by atoms with Crippen molar-refractivity contribution in [3.05, 3.63) is 66.2 Å². The van der Waals surface area contributed by atoms with Gasteiger partial charge in [0, 0.05) is 34.3 Å². The van der Waals surface area contributed by atoms with Crippen molar-refractivity contribution in [2.45, 2.75) is 13.5 Å². The lowest BCUT2D eigenvalue weighted by molar-refractivity contribution is 1.06. The van der Waals surface area contributed by atoms with Gasteiger partial charge in [-0.15, -0.1) is 0 Å². The number of rotatable bonds is 4. The summed E-state index contributed by atoms with van der Waals surface area (Å²) >= 11 is 0. The highest BCUT2D eigenvalue weighted by Gasteiger charge is 2.14. The van der Waals surface area contributed by atoms with E-state index in [9.17, 15) is 0 Å². The largest absolute Gasteiger partial charge is 0.326 e. The quantitative estimate of drug-likeness (QED) is 0.584. The highest BCUT2D eigenvalue weighted by Crippen LogP contribution is 2.24. The number of hydrogen-bond donors (Lipinski definition) is 2. The summed E-state index contributed by atoms with van der Waals surface area (Å²) in [5, 5.41) is 7.29. The number of aromatic amines is 1. The maximum Gasteiger partial charge on any atom is 0.181 e. The minimum absolute atomic E-state index is 0. The molecule has 0 bridgehead atoms. The number of aryl methyl sites for hydroxylation is 1. The predicted octanol–water partition coefficient (Wildman–Crippen LogP) is 3.50. The number of nitrogens with one attached hydrogen (secondary N) is 1. The number of pyridine rings is 1. The molecule has 1 aromatic carbocycles. The molecule has 3 aromatic heterocycles. The topological polar surface area (TPSA) is 106 Å². The van der Waals surface area contributed by atoms with Crippen molar-refractivity contribution in [1.29, 1.82) is 0 Å². The van der Waals surface area contributed by atoms with Gasteiger partial charge in [-0.2, -0.15) is 5.10 Å². The summed E-state index contributed by atoms with van der Waals surface area (Å²) in [6, 6.07) is 11.7. The van der Waals surface area contributed by atoms with E-state index < -0.39 is 0 Å². The Bertz CT molecular complexity index is 1050. The molecule has 0 amide bonds. The van der Waals surface area contributed by atoms with Gasteiger partial charge in [-0.1, -0.05) is 18.2 Å². The maximum absolute atomic E-state index is 5.71. The zero-order valence-corrected chi connectivity index (χ0v) is 14.2. The molecule has 0 radical (unpaired) electrons. The Balaban J connectivity index is 0.00000140. The monoisotopic (exact) mass is 349 g/mol. The maximum atomic E-state index is 5.71. The van der Waals surface area contributed by atoms with Crippen molar-refractivity contribution < 1.29 is 4.28 Å². The second-order valence-corrected chi connectivity index (χ2v) is 5.84. The van der Waals surface area contributed by atoms with Gasteiger partial charge in [-0.3, -0.25) is 15.1 Å². The first kappa shape index (κ1) is 16.0. The molecule has 134 valence electrons. The first-order valence-corrected chi connectivity index (χ1v) is 8.21. The number of nitrogens with zero attached hydrogens (tertiary/aromatic N) is 5. The van der Waals surface area contributed by atoms with E-state index in [1.165, 1.54) is 0 Å². The van der Waals surface area contributed by atoms with Crippen LogP contribution in [0, 0.1) is 6.92 Å². The Hall–Kier alpha value is -3.45. The first-order chi connectivity index (χ1) is 12.7. The van der Waals surface area contributed by atoms with Crippen LogP contribution < -0.4 is 5.73 Å². The Morgan fingerprint density at radius 1 is 1.08 bits per heavy atom. The molecule has 3 N–H and O–H groups in total. The summed E-state index contributed by atoms with van der Waals surface area (Å²) in [7, 11) is 0. The smallest absolute Gasteiger partial charge is 0.181 e. The van der Waals surface area contributed by atoms with Crippen LogP contribution in [0.15, 0.2) is 55.0 Å². The van der Waals surface area contributed by atoms with Crippen LogP contribution in [0.1, 0.15) is 15.5 Å². The van der Waals surface area contributed by atoms with Crippen LogP contribution in [0.4, 0.5) is 0 Å². The number of H-pyrrole nitrogens is 1. The molecule has 0 spiro atoms. The van der Waals surface area contributed by atoms with E-state index in [2.05, 4.69) is 25.1 Å². The fourth-order valence-corrected chi connectivity index (χ4v) is 2.66. The number of hydrogen-bond acceptors (Lipinski definition) is 6. The van der Waals surface area contributed by atoms with Gasteiger partial charge in [-0.05, 0) is 30.7 Å². The average Bonchev–Trinajstić information content (AvgIpc) is 3.19. The molecular formula is C19H23N7. The normalized spacial score (nSPS) is 10.8. The fourth-order valence-electron chi connectivity index (χ4n) is 2.66. The summed E-state index contributed by atoms with van der Waals surface area (Å²) in [6.45, 7) is 2.37. The third-order valence-electron chi connectivity index (χ3n) is 4.04. The van der Waals surface area contributed by atoms with Crippen LogP contribution in [0.5, 0.6) is 0 Å². The third kappa shape index (κ3) is 3.07. The summed E-state index contributed by atoms with van der Waals surface area (Å²) in [5.74, 6) is 1.18. The average molecular weight is 349 g/mol. The van der Waals surface area contributed by atoms with E-state index in [4.69, 9.17) is 10.7 Å². The fraction of sp³-hybridized carbons (Fsp3) is 0.105. The Kier molecular flexibility index (Phi) is 4.20. The molecule has 4 aromatic rings. The van der Waals surface area contributed by atoms with Gasteiger partial charge in [0.2, 0.25) is 0 Å². The molecule has 3 heterocycles. The molecule has 0 atom stereocenters. The SMILES string of the molecule is Cc1ncc(-c2cccnc2)nc1-c1nc(-c2cccc(CN)c2)n[nH]1.[HH].[HH].[HH]. The molecule has 0 unspecified atom stereocenters. The molecule has 0 aliphatic carbocycles. The molecule has 26 heavy (non-hydrogen) atoms. The van der Waals surface area contributed by atoms with E-state index in [1.807, 2.05) is 43.3 Å². The van der Waals surface area contributed by atoms with Crippen LogP contribution in [0.25, 0.3) is 34.2 Å². The summed E-state index contributed by atoms with van der Waals surface area (Å²) in [5.41, 5.74) is 10.7. The Labute approximate surface area is 154 Å². The van der Waals surface area contributed by atoms with Crippen molar-refractivity contribution in [3.8, 4) is 34.2 Å². The van der Waals surface area contributed by atoms with Gasteiger partial charge in [0.05, 0.1) is 17.6 Å². The van der Waals surface area contributed by atoms with E-state index in [0.29, 0.717) is 23.9 Å². The predicted molar refractivity (Wildman–Crippen MR) is 105 cm³/mol. The molecular weight excluding hydrogens is 326 g/mol. The molecule has 0 saturated heterocycles. The lowest BCUT2D eigenvalue weighted by Gasteiger charge is -2.04. The highest BCUT2D eigenvalue weighted by atomic mass is 15.2. The van der Waals surface area contributed by atoms with Crippen LogP contribution in [-0.4, -0.2) is 30.1 Å². The van der Waals surface area contributed by atoms with Crippen LogP contribution in [0.3, 0.4) is 0 Å². The van der Waals surface area contributed by atoms with Crippen molar-refractivity contribution in [3.63, 3.8) is 0 Å². The number of aromatic nitrogens is 6. The minimum atomic E-state index is 0. The number of benzene rings is 1. The minimum Gasteiger partial charge on any atom is -0.326 e. The Morgan fingerprint density at radius 2 is 1.96 bits per heavy atom. The second-order valence-electron chi connectivity index (χ2n) is 5.84. The zero-order chi connectivity index (χ0) is 17.9. The number of nitrogens with two attached hydrogens (primary N) is 1. The van der Waals surface area contributed by atoms with Crippen molar-refractivity contribution >= 4 is 0 Å².